The zero-order valence-corrected chi connectivity index (χ0v) is 14.9. The molecule has 2 atom stereocenters. The minimum atomic E-state index is -0.812. The van der Waals surface area contributed by atoms with Crippen LogP contribution in [-0.4, -0.2) is 31.2 Å². The summed E-state index contributed by atoms with van der Waals surface area (Å²) in [5, 5.41) is 11.6. The van der Waals surface area contributed by atoms with E-state index in [9.17, 15) is 14.9 Å². The van der Waals surface area contributed by atoms with Gasteiger partial charge >= 0.3 is 0 Å². The van der Waals surface area contributed by atoms with E-state index in [-0.39, 0.29) is 11.6 Å². The molecule has 1 aliphatic heterocycles. The molecule has 2 unspecified atom stereocenters. The average Bonchev–Trinajstić information content (AvgIpc) is 2.67. The lowest BCUT2D eigenvalue weighted by Crippen LogP contribution is -2.58. The van der Waals surface area contributed by atoms with Crippen molar-refractivity contribution in [3.63, 3.8) is 0 Å². The highest BCUT2D eigenvalue weighted by molar-refractivity contribution is 6.33. The Morgan fingerprint density at radius 1 is 1.15 bits per heavy atom. The second-order valence-corrected chi connectivity index (χ2v) is 6.64. The minimum Gasteiger partial charge on any atom is -0.277 e. The number of nitrogens with one attached hydrogen (secondary N) is 1. The van der Waals surface area contributed by atoms with Crippen LogP contribution >= 0.6 is 11.6 Å². The number of benzene rings is 2. The first-order chi connectivity index (χ1) is 13.0. The molecule has 8 nitrogen and oxygen atoms in total. The molecule has 1 N–H and O–H groups in total. The van der Waals surface area contributed by atoms with Gasteiger partial charge in [-0.25, -0.2) is 15.0 Å². The Balaban J connectivity index is 1.67. The van der Waals surface area contributed by atoms with Crippen LogP contribution in [0.15, 0.2) is 48.5 Å². The molecule has 9 heteroatoms. The van der Waals surface area contributed by atoms with Crippen LogP contribution in [0.25, 0.3) is 11.0 Å². The first-order valence-corrected chi connectivity index (χ1v) is 8.61. The number of para-hydroxylation sites is 2. The first-order valence-electron chi connectivity index (χ1n) is 8.17. The van der Waals surface area contributed by atoms with Crippen molar-refractivity contribution in [3.8, 4) is 0 Å². The number of carbonyl (C=O) groups is 1. The number of hydrazine groups is 1. The van der Waals surface area contributed by atoms with Crippen LogP contribution < -0.4 is 5.43 Å². The Hall–Kier alpha value is -3.26. The lowest BCUT2D eigenvalue weighted by molar-refractivity contribution is -0.385. The molecule has 2 aromatic carbocycles. The molecule has 1 aromatic heterocycles. The molecule has 4 rings (SSSR count). The van der Waals surface area contributed by atoms with Crippen molar-refractivity contribution in [2.24, 2.45) is 0 Å². The number of aromatic nitrogens is 2. The van der Waals surface area contributed by atoms with Crippen LogP contribution in [0.3, 0.4) is 0 Å². The summed E-state index contributed by atoms with van der Waals surface area (Å²) in [5.41, 5.74) is 5.55. The molecule has 3 aromatic rings. The summed E-state index contributed by atoms with van der Waals surface area (Å²) in [6.07, 6.45) is 0. The Kier molecular flexibility index (Phi) is 4.12. The van der Waals surface area contributed by atoms with Gasteiger partial charge in [-0.15, -0.1) is 11.6 Å². The highest BCUT2D eigenvalue weighted by Crippen LogP contribution is 2.39. The van der Waals surface area contributed by atoms with E-state index in [0.29, 0.717) is 22.6 Å². The number of rotatable bonds is 4. The molecular formula is C18H14ClN5O3. The Morgan fingerprint density at radius 3 is 2.56 bits per heavy atom. The number of hydrogen-bond acceptors (Lipinski definition) is 6. The van der Waals surface area contributed by atoms with Crippen molar-refractivity contribution in [2.45, 2.75) is 18.3 Å². The van der Waals surface area contributed by atoms with Crippen LogP contribution in [-0.2, 0) is 4.79 Å². The molecule has 0 spiro atoms. The van der Waals surface area contributed by atoms with Gasteiger partial charge in [0.15, 0.2) is 5.82 Å². The van der Waals surface area contributed by atoms with E-state index in [1.807, 2.05) is 24.3 Å². The van der Waals surface area contributed by atoms with Crippen molar-refractivity contribution in [1.29, 1.82) is 0 Å². The van der Waals surface area contributed by atoms with Crippen molar-refractivity contribution < 1.29 is 9.72 Å². The number of hydrogen-bond donors (Lipinski definition) is 1. The first kappa shape index (κ1) is 17.2. The number of anilines is 1. The van der Waals surface area contributed by atoms with E-state index in [1.54, 1.807) is 19.1 Å². The third-order valence-corrected chi connectivity index (χ3v) is 4.85. The van der Waals surface area contributed by atoms with Crippen molar-refractivity contribution in [2.75, 3.05) is 5.43 Å². The third-order valence-electron chi connectivity index (χ3n) is 4.42. The Labute approximate surface area is 158 Å². The molecule has 1 saturated heterocycles. The summed E-state index contributed by atoms with van der Waals surface area (Å²) in [7, 11) is 0. The monoisotopic (exact) mass is 383 g/mol. The maximum Gasteiger partial charge on any atom is 0.269 e. The number of nitro benzene ring substituents is 1. The maximum absolute atomic E-state index is 12.3. The fraction of sp³-hybridized carbons (Fsp3) is 0.167. The number of alkyl halides is 1. The van der Waals surface area contributed by atoms with Crippen molar-refractivity contribution >= 4 is 40.0 Å². The Morgan fingerprint density at radius 2 is 1.85 bits per heavy atom. The van der Waals surface area contributed by atoms with Gasteiger partial charge in [-0.05, 0) is 24.6 Å². The average molecular weight is 384 g/mol. The lowest BCUT2D eigenvalue weighted by Gasteiger charge is -2.44. The summed E-state index contributed by atoms with van der Waals surface area (Å²) in [6.45, 7) is 1.78. The minimum absolute atomic E-state index is 0.0580. The molecule has 1 aliphatic rings. The van der Waals surface area contributed by atoms with Gasteiger partial charge in [-0.1, -0.05) is 24.3 Å². The molecule has 0 saturated carbocycles. The van der Waals surface area contributed by atoms with Gasteiger partial charge in [-0.2, -0.15) is 0 Å². The SMILES string of the molecule is Cc1nc2ccccc2nc1NN1C(=O)C(Cl)C1c1cccc([N+](=O)[O-])c1. The third kappa shape index (κ3) is 2.93. The standard InChI is InChI=1S/C18H14ClN5O3/c1-10-17(21-14-8-3-2-7-13(14)20-10)22-23-16(15(19)18(23)25)11-5-4-6-12(9-11)24(26)27/h2-9,15-16H,1H3,(H,21,22). The molecular weight excluding hydrogens is 370 g/mol. The number of aryl methyl sites for hydroxylation is 1. The number of nitrogens with zero attached hydrogens (tertiary/aromatic N) is 4. The van der Waals surface area contributed by atoms with E-state index < -0.39 is 16.3 Å². The molecule has 2 heterocycles. The Bertz CT molecular complexity index is 1070. The van der Waals surface area contributed by atoms with Gasteiger partial charge in [0.05, 0.1) is 21.7 Å². The predicted molar refractivity (Wildman–Crippen MR) is 100 cm³/mol. The molecule has 0 aliphatic carbocycles. The van der Waals surface area contributed by atoms with E-state index in [2.05, 4.69) is 15.4 Å². The highest BCUT2D eigenvalue weighted by Gasteiger charge is 2.48. The van der Waals surface area contributed by atoms with Gasteiger partial charge in [0.2, 0.25) is 0 Å². The second kappa shape index (κ2) is 6.48. The number of halogens is 1. The van der Waals surface area contributed by atoms with Crippen molar-refractivity contribution in [3.05, 3.63) is 69.9 Å². The number of fused-ring (bicyclic) bond motifs is 1. The van der Waals surface area contributed by atoms with E-state index in [4.69, 9.17) is 11.6 Å². The van der Waals surface area contributed by atoms with Gasteiger partial charge in [-0.3, -0.25) is 20.3 Å². The fourth-order valence-corrected chi connectivity index (χ4v) is 3.39. The van der Waals surface area contributed by atoms with Crippen LogP contribution in [0, 0.1) is 17.0 Å². The van der Waals surface area contributed by atoms with Crippen LogP contribution in [0.1, 0.15) is 17.3 Å². The molecule has 0 bridgehead atoms. The predicted octanol–water partition coefficient (Wildman–Crippen LogP) is 3.36. The number of β-lactam (4-membered cyclic amide) rings is 1. The van der Waals surface area contributed by atoms with E-state index >= 15 is 0 Å². The number of non-ortho nitro benzene ring substituents is 1. The number of nitro groups is 1. The van der Waals surface area contributed by atoms with Crippen LogP contribution in [0.4, 0.5) is 11.5 Å². The topological polar surface area (TPSA) is 101 Å². The highest BCUT2D eigenvalue weighted by atomic mass is 35.5. The zero-order chi connectivity index (χ0) is 19.1. The van der Waals surface area contributed by atoms with Crippen LogP contribution in [0.5, 0.6) is 0 Å². The van der Waals surface area contributed by atoms with Gasteiger partial charge in [0.25, 0.3) is 11.6 Å². The summed E-state index contributed by atoms with van der Waals surface area (Å²) in [6, 6.07) is 12.9. The maximum atomic E-state index is 12.3. The largest absolute Gasteiger partial charge is 0.277 e. The number of amides is 1. The van der Waals surface area contributed by atoms with E-state index in [1.165, 1.54) is 17.1 Å². The molecule has 0 radical (unpaired) electrons. The summed E-state index contributed by atoms with van der Waals surface area (Å²) in [5.74, 6) is 0.101. The second-order valence-electron chi connectivity index (χ2n) is 6.17. The zero-order valence-electron chi connectivity index (χ0n) is 14.2. The number of carbonyl (C=O) groups excluding carboxylic acids is 1. The lowest BCUT2D eigenvalue weighted by atomic mass is 9.95. The quantitative estimate of drug-likeness (QED) is 0.321. The summed E-state index contributed by atoms with van der Waals surface area (Å²) < 4.78 is 0. The van der Waals surface area contributed by atoms with E-state index in [0.717, 1.165) is 5.52 Å². The van der Waals surface area contributed by atoms with Gasteiger partial charge in [0.1, 0.15) is 11.4 Å². The fourth-order valence-electron chi connectivity index (χ4n) is 3.03. The smallest absolute Gasteiger partial charge is 0.269 e. The van der Waals surface area contributed by atoms with Crippen molar-refractivity contribution in [1.82, 2.24) is 15.0 Å². The van der Waals surface area contributed by atoms with Gasteiger partial charge in [0, 0.05) is 12.1 Å². The molecule has 1 amide bonds. The van der Waals surface area contributed by atoms with Crippen LogP contribution in [0.2, 0.25) is 0 Å². The molecule has 1 fully saturated rings. The summed E-state index contributed by atoms with van der Waals surface area (Å²) >= 11 is 6.19. The molecule has 27 heavy (non-hydrogen) atoms. The van der Waals surface area contributed by atoms with Gasteiger partial charge < -0.3 is 0 Å². The summed E-state index contributed by atoms with van der Waals surface area (Å²) in [4.78, 5) is 31.8. The normalized spacial score (nSPS) is 19.0. The molecule has 136 valence electrons.